The van der Waals surface area contributed by atoms with E-state index in [0.717, 1.165) is 16.0 Å². The number of aromatic nitrogens is 4. The van der Waals surface area contributed by atoms with Gasteiger partial charge in [-0.2, -0.15) is 5.10 Å². The number of hydrogen-bond donors (Lipinski definition) is 1. The fourth-order valence-electron chi connectivity index (χ4n) is 1.85. The molecule has 0 saturated heterocycles. The van der Waals surface area contributed by atoms with E-state index in [1.54, 1.807) is 17.2 Å². The fourth-order valence-corrected chi connectivity index (χ4v) is 2.69. The van der Waals surface area contributed by atoms with Gasteiger partial charge in [0.15, 0.2) is 5.82 Å². The molecule has 0 aliphatic heterocycles. The van der Waals surface area contributed by atoms with E-state index in [1.165, 1.54) is 17.7 Å². The van der Waals surface area contributed by atoms with Crippen molar-refractivity contribution < 1.29 is 4.79 Å². The molecule has 0 radical (unpaired) electrons. The summed E-state index contributed by atoms with van der Waals surface area (Å²) < 4.78 is 1.58. The quantitative estimate of drug-likeness (QED) is 0.799. The van der Waals surface area contributed by atoms with Gasteiger partial charge >= 0.3 is 0 Å². The standard InChI is InChI=1S/C14H13N5OS/c1-10-4-5-21-13(10)14(20)17-7-11-2-3-12(16-6-11)19-9-15-8-18-19/h2-6,8-9H,7H2,1H3,(H,17,20). The summed E-state index contributed by atoms with van der Waals surface area (Å²) in [6.45, 7) is 2.38. The molecular formula is C14H13N5OS. The first kappa shape index (κ1) is 13.4. The average Bonchev–Trinajstić information content (AvgIpc) is 3.16. The van der Waals surface area contributed by atoms with E-state index in [1.807, 2.05) is 30.5 Å². The summed E-state index contributed by atoms with van der Waals surface area (Å²) in [6.07, 6.45) is 4.76. The van der Waals surface area contributed by atoms with E-state index in [2.05, 4.69) is 20.4 Å². The largest absolute Gasteiger partial charge is 0.347 e. The molecule has 1 amide bonds. The van der Waals surface area contributed by atoms with Crippen LogP contribution in [0.3, 0.4) is 0 Å². The molecule has 106 valence electrons. The summed E-state index contributed by atoms with van der Waals surface area (Å²) in [5.41, 5.74) is 1.93. The number of nitrogens with one attached hydrogen (secondary N) is 1. The van der Waals surface area contributed by atoms with E-state index >= 15 is 0 Å². The van der Waals surface area contributed by atoms with E-state index < -0.39 is 0 Å². The van der Waals surface area contributed by atoms with E-state index in [9.17, 15) is 4.79 Å². The molecule has 0 bridgehead atoms. The minimum absolute atomic E-state index is 0.0529. The molecule has 3 aromatic rings. The molecule has 3 heterocycles. The molecule has 0 saturated carbocycles. The first-order valence-electron chi connectivity index (χ1n) is 6.36. The molecular weight excluding hydrogens is 286 g/mol. The van der Waals surface area contributed by atoms with Crippen LogP contribution in [-0.4, -0.2) is 25.7 Å². The third kappa shape index (κ3) is 2.97. The van der Waals surface area contributed by atoms with Gasteiger partial charge in [0.2, 0.25) is 0 Å². The Hall–Kier alpha value is -2.54. The Labute approximate surface area is 125 Å². The molecule has 1 N–H and O–H groups in total. The Balaban J connectivity index is 1.64. The Bertz CT molecular complexity index is 733. The summed E-state index contributed by atoms with van der Waals surface area (Å²) in [6, 6.07) is 5.69. The minimum atomic E-state index is -0.0529. The van der Waals surface area contributed by atoms with Crippen LogP contribution < -0.4 is 5.32 Å². The lowest BCUT2D eigenvalue weighted by atomic mass is 10.2. The lowest BCUT2D eigenvalue weighted by molar-refractivity contribution is 0.0954. The molecule has 0 aromatic carbocycles. The number of rotatable bonds is 4. The molecule has 0 unspecified atom stereocenters. The van der Waals surface area contributed by atoms with Gasteiger partial charge in [-0.1, -0.05) is 6.07 Å². The first-order valence-corrected chi connectivity index (χ1v) is 7.24. The Kier molecular flexibility index (Phi) is 3.74. The second-order valence-electron chi connectivity index (χ2n) is 4.48. The molecule has 0 fully saturated rings. The molecule has 3 rings (SSSR count). The summed E-state index contributed by atoms with van der Waals surface area (Å²) in [5, 5.41) is 8.82. The van der Waals surface area contributed by atoms with E-state index in [-0.39, 0.29) is 5.91 Å². The average molecular weight is 299 g/mol. The maximum atomic E-state index is 12.0. The molecule has 0 atom stereocenters. The van der Waals surface area contributed by atoms with Crippen molar-refractivity contribution in [3.05, 3.63) is 58.4 Å². The minimum Gasteiger partial charge on any atom is -0.347 e. The second kappa shape index (κ2) is 5.84. The van der Waals surface area contributed by atoms with Gasteiger partial charge in [0, 0.05) is 12.7 Å². The number of amides is 1. The Morgan fingerprint density at radius 1 is 1.38 bits per heavy atom. The van der Waals surface area contributed by atoms with Crippen LogP contribution in [0, 0.1) is 6.92 Å². The van der Waals surface area contributed by atoms with Crippen molar-refractivity contribution in [3.63, 3.8) is 0 Å². The van der Waals surface area contributed by atoms with Crippen molar-refractivity contribution in [3.8, 4) is 5.82 Å². The van der Waals surface area contributed by atoms with Crippen molar-refractivity contribution in [1.29, 1.82) is 0 Å². The van der Waals surface area contributed by atoms with Crippen LogP contribution in [0.4, 0.5) is 0 Å². The normalized spacial score (nSPS) is 10.5. The van der Waals surface area contributed by atoms with E-state index in [4.69, 9.17) is 0 Å². The highest BCUT2D eigenvalue weighted by atomic mass is 32.1. The topological polar surface area (TPSA) is 72.7 Å². The van der Waals surface area contributed by atoms with Crippen LogP contribution in [0.15, 0.2) is 42.4 Å². The van der Waals surface area contributed by atoms with Gasteiger partial charge in [-0.05, 0) is 35.6 Å². The summed E-state index contributed by atoms with van der Waals surface area (Å²) in [7, 11) is 0. The summed E-state index contributed by atoms with van der Waals surface area (Å²) in [4.78, 5) is 20.9. The zero-order chi connectivity index (χ0) is 14.7. The van der Waals surface area contributed by atoms with Crippen molar-refractivity contribution in [2.75, 3.05) is 0 Å². The molecule has 3 aromatic heterocycles. The van der Waals surface area contributed by atoms with Crippen molar-refractivity contribution in [2.45, 2.75) is 13.5 Å². The van der Waals surface area contributed by atoms with Crippen molar-refractivity contribution >= 4 is 17.2 Å². The summed E-state index contributed by atoms with van der Waals surface area (Å²) in [5.74, 6) is 0.638. The predicted molar refractivity (Wildman–Crippen MR) is 79.4 cm³/mol. The van der Waals surface area contributed by atoms with Crippen molar-refractivity contribution in [2.24, 2.45) is 0 Å². The molecule has 0 aliphatic rings. The second-order valence-corrected chi connectivity index (χ2v) is 5.40. The van der Waals surface area contributed by atoms with Crippen LogP contribution in [0.2, 0.25) is 0 Å². The van der Waals surface area contributed by atoms with Gasteiger partial charge in [0.05, 0.1) is 4.88 Å². The molecule has 21 heavy (non-hydrogen) atoms. The van der Waals surface area contributed by atoms with Gasteiger partial charge in [-0.15, -0.1) is 11.3 Å². The zero-order valence-electron chi connectivity index (χ0n) is 11.4. The molecule has 6 nitrogen and oxygen atoms in total. The van der Waals surface area contributed by atoms with Gasteiger partial charge in [-0.3, -0.25) is 4.79 Å². The highest BCUT2D eigenvalue weighted by molar-refractivity contribution is 7.12. The highest BCUT2D eigenvalue weighted by Gasteiger charge is 2.09. The molecule has 7 heteroatoms. The number of carbonyl (C=O) groups is 1. The fraction of sp³-hybridized carbons (Fsp3) is 0.143. The third-order valence-electron chi connectivity index (χ3n) is 2.98. The zero-order valence-corrected chi connectivity index (χ0v) is 12.2. The first-order chi connectivity index (χ1) is 10.2. The van der Waals surface area contributed by atoms with Crippen LogP contribution in [0.1, 0.15) is 20.8 Å². The van der Waals surface area contributed by atoms with Crippen LogP contribution >= 0.6 is 11.3 Å². The van der Waals surface area contributed by atoms with Gasteiger partial charge in [-0.25, -0.2) is 14.6 Å². The monoisotopic (exact) mass is 299 g/mol. The maximum Gasteiger partial charge on any atom is 0.261 e. The van der Waals surface area contributed by atoms with Gasteiger partial charge in [0.25, 0.3) is 5.91 Å². The smallest absolute Gasteiger partial charge is 0.261 e. The Morgan fingerprint density at radius 2 is 2.29 bits per heavy atom. The summed E-state index contributed by atoms with van der Waals surface area (Å²) >= 11 is 1.45. The number of carbonyl (C=O) groups excluding carboxylic acids is 1. The SMILES string of the molecule is Cc1ccsc1C(=O)NCc1ccc(-n2cncn2)nc1. The number of nitrogens with zero attached hydrogens (tertiary/aromatic N) is 4. The number of thiophene rings is 1. The van der Waals surface area contributed by atoms with Crippen LogP contribution in [0.5, 0.6) is 0 Å². The Morgan fingerprint density at radius 3 is 2.90 bits per heavy atom. The van der Waals surface area contributed by atoms with Gasteiger partial charge < -0.3 is 5.32 Å². The van der Waals surface area contributed by atoms with Crippen LogP contribution in [0.25, 0.3) is 5.82 Å². The lowest BCUT2D eigenvalue weighted by Gasteiger charge is -2.05. The molecule has 0 aliphatic carbocycles. The van der Waals surface area contributed by atoms with E-state index in [0.29, 0.717) is 12.4 Å². The van der Waals surface area contributed by atoms with Crippen molar-refractivity contribution in [1.82, 2.24) is 25.1 Å². The highest BCUT2D eigenvalue weighted by Crippen LogP contribution is 2.15. The van der Waals surface area contributed by atoms with Gasteiger partial charge in [0.1, 0.15) is 12.7 Å². The number of pyridine rings is 1. The van der Waals surface area contributed by atoms with Crippen LogP contribution in [-0.2, 0) is 6.54 Å². The lowest BCUT2D eigenvalue weighted by Crippen LogP contribution is -2.22. The third-order valence-corrected chi connectivity index (χ3v) is 4.00. The maximum absolute atomic E-state index is 12.0. The molecule has 0 spiro atoms. The number of aryl methyl sites for hydroxylation is 1. The number of hydrogen-bond acceptors (Lipinski definition) is 5. The predicted octanol–water partition coefficient (Wildman–Crippen LogP) is 1.96.